The second kappa shape index (κ2) is 19.8. The van der Waals surface area contributed by atoms with Gasteiger partial charge in [0.2, 0.25) is 11.8 Å². The lowest BCUT2D eigenvalue weighted by molar-refractivity contribution is -0.385. The topological polar surface area (TPSA) is 209 Å². The van der Waals surface area contributed by atoms with Crippen molar-refractivity contribution in [1.82, 2.24) is 15.2 Å². The molecular weight excluding hydrogens is 878 g/mol. The normalized spacial score (nSPS) is 28.3. The summed E-state index contributed by atoms with van der Waals surface area (Å²) in [6.07, 6.45) is 2.94. The molecule has 1 unspecified atom stereocenters. The number of ether oxygens (including phenoxy) is 5. The number of anilines is 1. The van der Waals surface area contributed by atoms with E-state index in [1.807, 2.05) is 26.8 Å². The number of carbonyl (C=O) groups is 4. The maximum Gasteiger partial charge on any atom is 0.409 e. The van der Waals surface area contributed by atoms with Gasteiger partial charge in [-0.15, -0.1) is 0 Å². The Morgan fingerprint density at radius 3 is 2.54 bits per heavy atom. The third kappa shape index (κ3) is 11.7. The summed E-state index contributed by atoms with van der Waals surface area (Å²) in [6, 6.07) is 5.43. The number of nitrogens with zero attached hydrogens (tertiary/aromatic N) is 4. The van der Waals surface area contributed by atoms with Crippen molar-refractivity contribution in [3.8, 4) is 5.75 Å². The third-order valence-corrected chi connectivity index (χ3v) is 15.3. The molecule has 3 amide bonds. The predicted molar refractivity (Wildman–Crippen MR) is 239 cm³/mol. The van der Waals surface area contributed by atoms with Gasteiger partial charge < -0.3 is 38.6 Å². The minimum Gasteiger partial charge on any atom is -0.495 e. The summed E-state index contributed by atoms with van der Waals surface area (Å²) in [5.41, 5.74) is -2.44. The Morgan fingerprint density at radius 1 is 1.22 bits per heavy atom. The molecule has 2 aromatic rings. The molecule has 2 saturated heterocycles. The van der Waals surface area contributed by atoms with Crippen LogP contribution in [0.4, 0.5) is 16.2 Å². The number of fused-ring (bicyclic) bond motifs is 6. The van der Waals surface area contributed by atoms with Crippen molar-refractivity contribution in [2.75, 3.05) is 33.2 Å². The van der Waals surface area contributed by atoms with E-state index in [4.69, 9.17) is 35.3 Å². The van der Waals surface area contributed by atoms with Crippen LogP contribution in [0.3, 0.4) is 0 Å². The number of methoxy groups -OCH3 is 2. The van der Waals surface area contributed by atoms with E-state index in [0.29, 0.717) is 29.3 Å². The lowest BCUT2D eigenvalue weighted by atomic mass is 9.72. The lowest BCUT2D eigenvalue weighted by Gasteiger charge is -2.59. The molecule has 1 aromatic heterocycles. The fourth-order valence-corrected chi connectivity index (χ4v) is 10.3. The number of esters is 1. The number of aliphatic hydroxyl groups is 1. The van der Waals surface area contributed by atoms with E-state index >= 15 is 0 Å². The number of likely N-dealkylation sites (N-methyl/N-ethyl adjacent to an activating group) is 1. The van der Waals surface area contributed by atoms with E-state index in [1.165, 1.54) is 71.8 Å². The Balaban J connectivity index is 1.38. The highest BCUT2D eigenvalue weighted by Crippen LogP contribution is 2.51. The molecule has 5 heterocycles. The molecule has 4 aliphatic heterocycles. The van der Waals surface area contributed by atoms with Crippen molar-refractivity contribution in [2.24, 2.45) is 0 Å². The van der Waals surface area contributed by atoms with Gasteiger partial charge in [-0.3, -0.25) is 25.0 Å². The number of amides is 3. The Morgan fingerprint density at radius 2 is 1.92 bits per heavy atom. The van der Waals surface area contributed by atoms with Crippen LogP contribution < -0.4 is 15.0 Å². The van der Waals surface area contributed by atoms with Gasteiger partial charge in [-0.25, -0.2) is 14.6 Å². The summed E-state index contributed by atoms with van der Waals surface area (Å²) >= 11 is 6.80. The van der Waals surface area contributed by atoms with Crippen LogP contribution in [0, 0.1) is 10.1 Å². The largest absolute Gasteiger partial charge is 0.495 e. The summed E-state index contributed by atoms with van der Waals surface area (Å²) in [5.74, 6) is -1.22. The highest BCUT2D eigenvalue weighted by molar-refractivity contribution is 8.77. The SMILES string of the molecule is COc1cc2cc(c1Cl)N(C)C(=O)C[C@H](OC(=O)[C@H](C)N(C)C(=O)CCC(C)(C)SSc1ccc([N+](=O)[O-])cn1)[C@@]1(C)CC(C)(O1)[C@@H]1C[C@@](O)(NC(=O)O1)[C@H](OC)/C=C/C=C(\C)C2. The number of rotatable bonds is 12. The number of benzene rings is 1. The smallest absolute Gasteiger partial charge is 0.409 e. The number of allylic oxidation sites excluding steroid dienone is 3. The maximum absolute atomic E-state index is 14.3. The summed E-state index contributed by atoms with van der Waals surface area (Å²) < 4.78 is 29.2. The average Bonchev–Trinajstić information content (AvgIpc) is 3.21. The van der Waals surface area contributed by atoms with Gasteiger partial charge in [0.1, 0.15) is 57.6 Å². The Bertz CT molecular complexity index is 2130. The van der Waals surface area contributed by atoms with E-state index in [0.717, 1.165) is 11.1 Å². The second-order valence-corrected chi connectivity index (χ2v) is 20.4. The van der Waals surface area contributed by atoms with E-state index in [2.05, 4.69) is 10.3 Å². The Kier molecular flexibility index (Phi) is 15.6. The monoisotopic (exact) mass is 933 g/mol. The fraction of sp³-hybridized carbons (Fsp3) is 0.558. The zero-order chi connectivity index (χ0) is 46.7. The number of nitrogens with one attached hydrogen (secondary N) is 1. The first-order chi connectivity index (χ1) is 29.4. The molecule has 344 valence electrons. The number of carbonyl (C=O) groups excluding carboxylic acids is 4. The zero-order valence-corrected chi connectivity index (χ0v) is 39.5. The first kappa shape index (κ1) is 49.6. The first-order valence-corrected chi connectivity index (χ1v) is 22.8. The van der Waals surface area contributed by atoms with Crippen molar-refractivity contribution in [3.05, 3.63) is 75.0 Å². The van der Waals surface area contributed by atoms with Crippen molar-refractivity contribution in [3.63, 3.8) is 0 Å². The third-order valence-electron chi connectivity index (χ3n) is 11.7. The van der Waals surface area contributed by atoms with Gasteiger partial charge in [-0.2, -0.15) is 0 Å². The van der Waals surface area contributed by atoms with Gasteiger partial charge in [0, 0.05) is 51.3 Å². The molecule has 0 saturated carbocycles. The molecule has 17 nitrogen and oxygen atoms in total. The van der Waals surface area contributed by atoms with Gasteiger partial charge in [-0.1, -0.05) is 46.2 Å². The molecule has 2 fully saturated rings. The van der Waals surface area contributed by atoms with E-state index in [-0.39, 0.29) is 42.3 Å². The molecule has 2 N–H and O–H groups in total. The van der Waals surface area contributed by atoms with Gasteiger partial charge in [0.05, 0.1) is 24.1 Å². The number of halogens is 1. The zero-order valence-electron chi connectivity index (χ0n) is 37.1. The average molecular weight is 935 g/mol. The molecule has 6 rings (SSSR count). The number of aromatic nitrogens is 1. The highest BCUT2D eigenvalue weighted by atomic mass is 35.5. The van der Waals surface area contributed by atoms with Crippen LogP contribution in [0.15, 0.2) is 59.3 Å². The van der Waals surface area contributed by atoms with Crippen molar-refractivity contribution < 1.29 is 52.9 Å². The van der Waals surface area contributed by atoms with Crippen LogP contribution in [-0.4, -0.2) is 118 Å². The molecule has 0 radical (unpaired) electrons. The molecule has 6 bridgehead atoms. The van der Waals surface area contributed by atoms with Crippen molar-refractivity contribution in [2.45, 2.75) is 131 Å². The first-order valence-electron chi connectivity index (χ1n) is 20.3. The Hall–Kier alpha value is -4.40. The number of hydrogen-bond acceptors (Lipinski definition) is 15. The number of pyridine rings is 1. The van der Waals surface area contributed by atoms with Crippen LogP contribution in [0.1, 0.15) is 79.2 Å². The summed E-state index contributed by atoms with van der Waals surface area (Å²) in [6.45, 7) is 10.8. The van der Waals surface area contributed by atoms with Crippen molar-refractivity contribution >= 4 is 68.4 Å². The Labute approximate surface area is 380 Å². The van der Waals surface area contributed by atoms with Crippen molar-refractivity contribution in [1.29, 1.82) is 0 Å². The van der Waals surface area contributed by atoms with E-state index in [1.54, 1.807) is 51.2 Å². The minimum absolute atomic E-state index is 0.0912. The predicted octanol–water partition coefficient (Wildman–Crippen LogP) is 6.96. The van der Waals surface area contributed by atoms with E-state index in [9.17, 15) is 34.4 Å². The van der Waals surface area contributed by atoms with Crippen LogP contribution in [0.2, 0.25) is 5.02 Å². The van der Waals surface area contributed by atoms with Gasteiger partial charge >= 0.3 is 12.1 Å². The molecular formula is C43H56ClN5O12S2. The number of hydrogen-bond donors (Lipinski definition) is 2. The molecule has 7 atom stereocenters. The second-order valence-electron chi connectivity index (χ2n) is 17.2. The molecule has 1 aromatic carbocycles. The summed E-state index contributed by atoms with van der Waals surface area (Å²) in [4.78, 5) is 72.1. The van der Waals surface area contributed by atoms with Crippen LogP contribution >= 0.6 is 33.2 Å². The van der Waals surface area contributed by atoms with Crippen LogP contribution in [-0.2, 0) is 39.8 Å². The summed E-state index contributed by atoms with van der Waals surface area (Å²) in [7, 11) is 8.75. The lowest BCUT2D eigenvalue weighted by Crippen LogP contribution is -2.72. The molecule has 63 heavy (non-hydrogen) atoms. The highest BCUT2D eigenvalue weighted by Gasteiger charge is 2.63. The molecule has 0 spiro atoms. The summed E-state index contributed by atoms with van der Waals surface area (Å²) in [5, 5.41) is 26.1. The fourth-order valence-electron chi connectivity index (χ4n) is 7.82. The maximum atomic E-state index is 14.3. The molecule has 4 aliphatic rings. The van der Waals surface area contributed by atoms with Crippen LogP contribution in [0.25, 0.3) is 0 Å². The minimum atomic E-state index is -1.89. The van der Waals surface area contributed by atoms with E-state index < -0.39 is 68.9 Å². The van der Waals surface area contributed by atoms with Gasteiger partial charge in [0.25, 0.3) is 5.69 Å². The number of nitro groups is 1. The number of alkyl carbamates (subject to hydrolysis) is 1. The quantitative estimate of drug-likeness (QED) is 0.0954. The van der Waals surface area contributed by atoms with Gasteiger partial charge in [0.15, 0.2) is 5.72 Å². The van der Waals surface area contributed by atoms with Crippen LogP contribution in [0.5, 0.6) is 5.75 Å². The molecule has 0 aliphatic carbocycles. The van der Waals surface area contributed by atoms with Gasteiger partial charge in [-0.05, 0) is 88.9 Å². The molecule has 20 heteroatoms. The standard InChI is InChI=1S/C43H56ClN5O12S2/c1-25-12-11-13-31(58-10)43(54)22-33(60-39(53)46-43)42(6)24-41(5,61-42)32(21-36(51)48(8)29-19-27(18-25)20-30(57-9)37(29)44)59-38(52)26(2)47(7)35(50)16-17-40(3,4)63-62-34-15-14-28(23-45-34)49(55)56/h11-15,19-20,23,26,31-33,54H,16-18,21-22,24H2,1-10H3,(H,46,53)/b13-11+,25-12+/t26-,31+,32-,33-,41+,42?,43-/m0/s1.